The molecule has 0 saturated carbocycles. The highest BCUT2D eigenvalue weighted by atomic mass is 32.1. The van der Waals surface area contributed by atoms with E-state index in [1.807, 2.05) is 11.6 Å². The number of nitrogens with one attached hydrogen (secondary N) is 1. The Morgan fingerprint density at radius 3 is 3.36 bits per heavy atom. The first-order chi connectivity index (χ1) is 6.86. The summed E-state index contributed by atoms with van der Waals surface area (Å²) in [7, 11) is 0. The Kier molecular flexibility index (Phi) is 3.50. The maximum atomic E-state index is 5.61. The molecule has 0 spiro atoms. The Balaban J connectivity index is 1.74. The minimum atomic E-state index is 0.398. The molecule has 2 atom stereocenters. The number of hydrogen-bond donors (Lipinski definition) is 1. The van der Waals surface area contributed by atoms with Gasteiger partial charge in [-0.25, -0.2) is 4.98 Å². The number of nitrogens with zero attached hydrogens (tertiary/aromatic N) is 1. The quantitative estimate of drug-likeness (QED) is 0.826. The van der Waals surface area contributed by atoms with Crippen molar-refractivity contribution in [3.63, 3.8) is 0 Å². The van der Waals surface area contributed by atoms with Crippen LogP contribution in [-0.2, 0) is 11.3 Å². The number of hydrogen-bond acceptors (Lipinski definition) is 4. The summed E-state index contributed by atoms with van der Waals surface area (Å²) in [5.41, 5.74) is 0. The van der Waals surface area contributed by atoms with E-state index < -0.39 is 0 Å². The number of rotatable bonds is 4. The number of aromatic nitrogens is 1. The first kappa shape index (κ1) is 10.1. The van der Waals surface area contributed by atoms with E-state index in [0.29, 0.717) is 12.1 Å². The maximum Gasteiger partial charge on any atom is 0.106 e. The molecule has 14 heavy (non-hydrogen) atoms. The predicted molar refractivity (Wildman–Crippen MR) is 57.4 cm³/mol. The molecule has 0 bridgehead atoms. The molecule has 1 N–H and O–H groups in total. The van der Waals surface area contributed by atoms with Crippen molar-refractivity contribution >= 4 is 11.3 Å². The smallest absolute Gasteiger partial charge is 0.106 e. The van der Waals surface area contributed by atoms with Gasteiger partial charge < -0.3 is 10.1 Å². The maximum absolute atomic E-state index is 5.61. The van der Waals surface area contributed by atoms with E-state index in [1.165, 1.54) is 12.8 Å². The minimum absolute atomic E-state index is 0.398. The van der Waals surface area contributed by atoms with Crippen LogP contribution in [0.15, 0.2) is 11.6 Å². The van der Waals surface area contributed by atoms with Crippen molar-refractivity contribution in [3.05, 3.63) is 16.6 Å². The van der Waals surface area contributed by atoms with E-state index in [9.17, 15) is 0 Å². The van der Waals surface area contributed by atoms with Gasteiger partial charge in [0.05, 0.1) is 6.10 Å². The zero-order valence-corrected chi connectivity index (χ0v) is 9.22. The molecule has 2 rings (SSSR count). The van der Waals surface area contributed by atoms with E-state index in [-0.39, 0.29) is 0 Å². The number of thiazole rings is 1. The molecule has 0 amide bonds. The Morgan fingerprint density at radius 1 is 1.79 bits per heavy atom. The summed E-state index contributed by atoms with van der Waals surface area (Å²) in [6, 6.07) is 0.432. The van der Waals surface area contributed by atoms with Crippen LogP contribution < -0.4 is 5.32 Å². The van der Waals surface area contributed by atoms with Crippen LogP contribution in [-0.4, -0.2) is 23.7 Å². The van der Waals surface area contributed by atoms with Gasteiger partial charge in [0.15, 0.2) is 0 Å². The fourth-order valence-electron chi connectivity index (χ4n) is 1.72. The molecule has 2 unspecified atom stereocenters. The molecule has 1 aromatic heterocycles. The van der Waals surface area contributed by atoms with Gasteiger partial charge in [0, 0.05) is 30.8 Å². The number of ether oxygens (including phenoxy) is 1. The van der Waals surface area contributed by atoms with E-state index in [4.69, 9.17) is 4.74 Å². The third-order valence-corrected chi connectivity index (χ3v) is 3.36. The fraction of sp³-hybridized carbons (Fsp3) is 0.700. The fourth-order valence-corrected chi connectivity index (χ4v) is 2.28. The third kappa shape index (κ3) is 2.53. The molecular weight excluding hydrogens is 196 g/mol. The van der Waals surface area contributed by atoms with Gasteiger partial charge >= 0.3 is 0 Å². The molecule has 1 saturated heterocycles. The van der Waals surface area contributed by atoms with Crippen molar-refractivity contribution < 1.29 is 4.74 Å². The van der Waals surface area contributed by atoms with Gasteiger partial charge in [-0.2, -0.15) is 0 Å². The SMILES string of the molecule is CC(NCc1nccs1)C1CCCO1. The lowest BCUT2D eigenvalue weighted by Crippen LogP contribution is -2.36. The normalized spacial score (nSPS) is 23.9. The second kappa shape index (κ2) is 4.87. The van der Waals surface area contributed by atoms with Crippen molar-refractivity contribution in [1.29, 1.82) is 0 Å². The first-order valence-corrected chi connectivity index (χ1v) is 5.97. The molecule has 3 nitrogen and oxygen atoms in total. The van der Waals surface area contributed by atoms with Gasteiger partial charge in [0.25, 0.3) is 0 Å². The Hall–Kier alpha value is -0.450. The molecule has 1 fully saturated rings. The molecule has 4 heteroatoms. The highest BCUT2D eigenvalue weighted by Crippen LogP contribution is 2.15. The van der Waals surface area contributed by atoms with Crippen molar-refractivity contribution in [1.82, 2.24) is 10.3 Å². The zero-order valence-electron chi connectivity index (χ0n) is 8.40. The van der Waals surface area contributed by atoms with Crippen LogP contribution in [0.5, 0.6) is 0 Å². The van der Waals surface area contributed by atoms with Gasteiger partial charge in [-0.05, 0) is 19.8 Å². The molecule has 1 aromatic rings. The largest absolute Gasteiger partial charge is 0.377 e. The van der Waals surface area contributed by atoms with Gasteiger partial charge in [-0.1, -0.05) is 0 Å². The van der Waals surface area contributed by atoms with Gasteiger partial charge in [0.1, 0.15) is 5.01 Å². The van der Waals surface area contributed by atoms with Gasteiger partial charge in [0.2, 0.25) is 0 Å². The van der Waals surface area contributed by atoms with Crippen LogP contribution in [0.25, 0.3) is 0 Å². The summed E-state index contributed by atoms with van der Waals surface area (Å²) >= 11 is 1.69. The topological polar surface area (TPSA) is 34.2 Å². The summed E-state index contributed by atoms with van der Waals surface area (Å²) in [5, 5.41) is 6.61. The Bertz CT molecular complexity index is 257. The molecular formula is C10H16N2OS. The van der Waals surface area contributed by atoms with Crippen molar-refractivity contribution in [2.75, 3.05) is 6.61 Å². The highest BCUT2D eigenvalue weighted by Gasteiger charge is 2.21. The molecule has 0 aromatic carbocycles. The van der Waals surface area contributed by atoms with Crippen LogP contribution in [0.1, 0.15) is 24.8 Å². The van der Waals surface area contributed by atoms with Crippen molar-refractivity contribution in [2.24, 2.45) is 0 Å². The average molecular weight is 212 g/mol. The van der Waals surface area contributed by atoms with Crippen molar-refractivity contribution in [3.8, 4) is 0 Å². The highest BCUT2D eigenvalue weighted by molar-refractivity contribution is 7.09. The van der Waals surface area contributed by atoms with Crippen LogP contribution in [0.4, 0.5) is 0 Å². The lowest BCUT2D eigenvalue weighted by molar-refractivity contribution is 0.0832. The average Bonchev–Trinajstić information content (AvgIpc) is 2.87. The molecule has 1 aliphatic rings. The Morgan fingerprint density at radius 2 is 2.71 bits per heavy atom. The second-order valence-electron chi connectivity index (χ2n) is 3.65. The first-order valence-electron chi connectivity index (χ1n) is 5.09. The molecule has 0 aliphatic carbocycles. The van der Waals surface area contributed by atoms with E-state index in [0.717, 1.165) is 18.2 Å². The van der Waals surface area contributed by atoms with Gasteiger partial charge in [-0.15, -0.1) is 11.3 Å². The van der Waals surface area contributed by atoms with Gasteiger partial charge in [-0.3, -0.25) is 0 Å². The van der Waals surface area contributed by atoms with Crippen molar-refractivity contribution in [2.45, 2.75) is 38.5 Å². The van der Waals surface area contributed by atoms with E-state index in [2.05, 4.69) is 17.2 Å². The molecule has 78 valence electrons. The summed E-state index contributed by atoms with van der Waals surface area (Å²) in [6.07, 6.45) is 4.63. The van der Waals surface area contributed by atoms with Crippen LogP contribution in [0.3, 0.4) is 0 Å². The van der Waals surface area contributed by atoms with Crippen LogP contribution in [0.2, 0.25) is 0 Å². The second-order valence-corrected chi connectivity index (χ2v) is 4.63. The third-order valence-electron chi connectivity index (χ3n) is 2.58. The standard InChI is InChI=1S/C10H16N2OS/c1-8(9-3-2-5-13-9)12-7-10-11-4-6-14-10/h4,6,8-9,12H,2-3,5,7H2,1H3. The molecule has 2 heterocycles. The Labute approximate surface area is 88.5 Å². The monoisotopic (exact) mass is 212 g/mol. The van der Waals surface area contributed by atoms with Crippen LogP contribution in [0, 0.1) is 0 Å². The summed E-state index contributed by atoms with van der Waals surface area (Å²) in [4.78, 5) is 4.23. The minimum Gasteiger partial charge on any atom is -0.377 e. The lowest BCUT2D eigenvalue weighted by Gasteiger charge is -2.19. The zero-order chi connectivity index (χ0) is 9.80. The summed E-state index contributed by atoms with van der Waals surface area (Å²) in [5.74, 6) is 0. The molecule has 0 radical (unpaired) electrons. The van der Waals surface area contributed by atoms with E-state index >= 15 is 0 Å². The predicted octanol–water partition coefficient (Wildman–Crippen LogP) is 1.80. The summed E-state index contributed by atoms with van der Waals surface area (Å²) < 4.78 is 5.61. The lowest BCUT2D eigenvalue weighted by atomic mass is 10.1. The summed E-state index contributed by atoms with van der Waals surface area (Å²) in [6.45, 7) is 3.97. The van der Waals surface area contributed by atoms with E-state index in [1.54, 1.807) is 11.3 Å². The molecule has 1 aliphatic heterocycles. The van der Waals surface area contributed by atoms with Crippen LogP contribution >= 0.6 is 11.3 Å².